The van der Waals surface area contributed by atoms with E-state index in [1.54, 1.807) is 5.57 Å². The van der Waals surface area contributed by atoms with Crippen LogP contribution in [0.25, 0.3) is 11.1 Å². The first-order valence-corrected chi connectivity index (χ1v) is 31.4. The van der Waals surface area contributed by atoms with Crippen molar-refractivity contribution in [2.75, 3.05) is 7.11 Å². The molecule has 1 aromatic heterocycles. The zero-order valence-corrected chi connectivity index (χ0v) is 48.3. The molecule has 0 aliphatic heterocycles. The molecule has 9 unspecified atom stereocenters. The smallest absolute Gasteiger partial charge is 0.0904 e. The van der Waals surface area contributed by atoms with Crippen molar-refractivity contribution in [2.45, 2.75) is 160 Å². The van der Waals surface area contributed by atoms with E-state index in [9.17, 15) is 0 Å². The van der Waals surface area contributed by atoms with E-state index in [-0.39, 0.29) is 29.3 Å². The molecule has 0 saturated heterocycles. The minimum Gasteiger partial charge on any atom is -0.376 e. The lowest BCUT2D eigenvalue weighted by Gasteiger charge is -2.44. The topological polar surface area (TPSA) is 34.5 Å². The molecule has 1 fully saturated rings. The Morgan fingerprint density at radius 1 is 0.750 bits per heavy atom. The van der Waals surface area contributed by atoms with Gasteiger partial charge in [-0.3, -0.25) is 9.98 Å². The quantitative estimate of drug-likeness (QED) is 0.106. The lowest BCUT2D eigenvalue weighted by Crippen LogP contribution is -2.33. The highest BCUT2D eigenvalue weighted by Crippen LogP contribution is 2.53. The van der Waals surface area contributed by atoms with Crippen LogP contribution in [-0.4, -0.2) is 23.9 Å². The molecule has 9 aliphatic carbocycles. The lowest BCUT2D eigenvalue weighted by atomic mass is 9.60. The zero-order valence-electron chi connectivity index (χ0n) is 48.3. The fourth-order valence-electron chi connectivity index (χ4n) is 15.8. The van der Waals surface area contributed by atoms with Gasteiger partial charge in [0.25, 0.3) is 0 Å². The van der Waals surface area contributed by atoms with Gasteiger partial charge in [0.05, 0.1) is 17.5 Å². The molecule has 0 amide bonds. The maximum Gasteiger partial charge on any atom is 0.0904 e. The van der Waals surface area contributed by atoms with Gasteiger partial charge in [0.2, 0.25) is 0 Å². The molecule has 0 radical (unpaired) electrons. The van der Waals surface area contributed by atoms with Gasteiger partial charge in [0.15, 0.2) is 0 Å². The molecule has 9 aliphatic rings. The highest BCUT2D eigenvalue weighted by atomic mass is 16.5. The van der Waals surface area contributed by atoms with Gasteiger partial charge in [-0.25, -0.2) is 0 Å². The third-order valence-corrected chi connectivity index (χ3v) is 20.3. The van der Waals surface area contributed by atoms with Crippen molar-refractivity contribution in [3.63, 3.8) is 0 Å². The van der Waals surface area contributed by atoms with Gasteiger partial charge in [0.1, 0.15) is 0 Å². The second-order valence-corrected chi connectivity index (χ2v) is 25.1. The number of rotatable bonds is 16. The van der Waals surface area contributed by atoms with Gasteiger partial charge in [-0.2, -0.15) is 0 Å². The normalized spacial score (nSPS) is 28.6. The number of ether oxygens (including phenoxy) is 1. The summed E-state index contributed by atoms with van der Waals surface area (Å²) in [6.45, 7) is 4.81. The van der Waals surface area contributed by atoms with Crippen molar-refractivity contribution in [3.05, 3.63) is 226 Å². The Balaban J connectivity index is 0.904. The Hall–Kier alpha value is -6.34. The van der Waals surface area contributed by atoms with E-state index >= 15 is 0 Å². The summed E-state index contributed by atoms with van der Waals surface area (Å²) in [5, 5.41) is 0. The lowest BCUT2D eigenvalue weighted by molar-refractivity contribution is 0.104. The number of hydrogen-bond acceptors (Lipinski definition) is 3. The van der Waals surface area contributed by atoms with Gasteiger partial charge >= 0.3 is 0 Å². The van der Waals surface area contributed by atoms with Crippen LogP contribution in [0.5, 0.6) is 0 Å². The Kier molecular flexibility index (Phi) is 17.1. The first-order valence-electron chi connectivity index (χ1n) is 31.4. The van der Waals surface area contributed by atoms with E-state index < -0.39 is 0 Å². The van der Waals surface area contributed by atoms with Crippen LogP contribution in [0.3, 0.4) is 0 Å². The minimum atomic E-state index is -0.0750. The number of aliphatic imine (C=N–C) groups is 1. The highest BCUT2D eigenvalue weighted by Gasteiger charge is 2.41. The van der Waals surface area contributed by atoms with Crippen LogP contribution in [0, 0.1) is 52.8 Å². The number of hydrogen-bond donors (Lipinski definition) is 0. The van der Waals surface area contributed by atoms with Gasteiger partial charge in [-0.05, 0) is 195 Å². The number of nitrogens with zero attached hydrogens (tertiary/aromatic N) is 2. The molecule has 3 heteroatoms. The molecule has 2 aromatic carbocycles. The maximum atomic E-state index is 6.51. The Morgan fingerprint density at radius 3 is 2.39 bits per heavy atom. The third kappa shape index (κ3) is 11.9. The molecule has 80 heavy (non-hydrogen) atoms. The molecular formula is C77H86N2O. The van der Waals surface area contributed by atoms with Crippen LogP contribution in [-0.2, 0) is 11.2 Å². The second kappa shape index (κ2) is 25.2. The van der Waals surface area contributed by atoms with Crippen LogP contribution in [0.2, 0.25) is 0 Å². The van der Waals surface area contributed by atoms with Crippen LogP contribution in [0.15, 0.2) is 203 Å². The van der Waals surface area contributed by atoms with E-state index in [0.717, 1.165) is 113 Å². The minimum absolute atomic E-state index is 0.0517. The van der Waals surface area contributed by atoms with Crippen LogP contribution >= 0.6 is 0 Å². The summed E-state index contributed by atoms with van der Waals surface area (Å²) >= 11 is 0. The molecule has 9 atom stereocenters. The van der Waals surface area contributed by atoms with Gasteiger partial charge in [-0.1, -0.05) is 202 Å². The zero-order chi connectivity index (χ0) is 54.3. The summed E-state index contributed by atoms with van der Waals surface area (Å²) in [6, 6.07) is 22.8. The average molecular weight is 1060 g/mol. The fraction of sp³-hybridized carbons (Fsp3) is 0.429. The summed E-state index contributed by atoms with van der Waals surface area (Å²) in [4.78, 5) is 11.2. The van der Waals surface area contributed by atoms with E-state index in [2.05, 4.69) is 196 Å². The van der Waals surface area contributed by atoms with Crippen molar-refractivity contribution in [1.29, 1.82) is 0 Å². The van der Waals surface area contributed by atoms with E-state index in [1.165, 1.54) is 94.2 Å². The number of aromatic nitrogens is 1. The number of allylic oxidation sites excluding steroid dienone is 23. The monoisotopic (exact) mass is 1050 g/mol. The SMILES string of the molecule is COC1C(C(C)=Nc2c(CC3C#CC(CC4CCCC4)CC3C3=CCCC=C3)cccc2C2C=C(C3C=CC=CC3)C=C(c3cc(C4=CCC(C(C)(C5=CCCC=C5)C5=CC=CCC5)CC4)ccn3)C2)=CCCC1c1ccccc1. The fourth-order valence-corrected chi connectivity index (χ4v) is 15.8. The molecule has 3 aromatic rings. The van der Waals surface area contributed by atoms with E-state index in [0.29, 0.717) is 23.7 Å². The largest absolute Gasteiger partial charge is 0.376 e. The molecule has 0 bridgehead atoms. The Morgan fingerprint density at radius 2 is 1.62 bits per heavy atom. The van der Waals surface area contributed by atoms with Gasteiger partial charge in [-0.15, -0.1) is 0 Å². The molecule has 12 rings (SSSR count). The summed E-state index contributed by atoms with van der Waals surface area (Å²) in [5.74, 6) is 11.1. The maximum absolute atomic E-state index is 6.51. The molecule has 1 saturated carbocycles. The average Bonchev–Trinajstić information content (AvgIpc) is 4.07. The van der Waals surface area contributed by atoms with Crippen molar-refractivity contribution in [2.24, 2.45) is 45.9 Å². The van der Waals surface area contributed by atoms with Crippen molar-refractivity contribution in [1.82, 2.24) is 4.98 Å². The highest BCUT2D eigenvalue weighted by molar-refractivity contribution is 6.01. The molecular weight excluding hydrogens is 969 g/mol. The molecule has 1 heterocycles. The number of methoxy groups -OCH3 is 1. The summed E-state index contributed by atoms with van der Waals surface area (Å²) in [6.07, 6.45) is 66.1. The summed E-state index contributed by atoms with van der Waals surface area (Å²) in [5.41, 5.74) is 18.6. The van der Waals surface area contributed by atoms with Gasteiger partial charge in [0, 0.05) is 54.0 Å². The molecule has 0 N–H and O–H groups in total. The third-order valence-electron chi connectivity index (χ3n) is 20.3. The number of benzene rings is 2. The predicted octanol–water partition coefficient (Wildman–Crippen LogP) is 19.7. The molecule has 0 spiro atoms. The Labute approximate surface area is 480 Å². The van der Waals surface area contributed by atoms with Crippen molar-refractivity contribution in [3.8, 4) is 11.8 Å². The first kappa shape index (κ1) is 54.3. The Bertz CT molecular complexity index is 3240. The van der Waals surface area contributed by atoms with Crippen molar-refractivity contribution < 1.29 is 4.74 Å². The van der Waals surface area contributed by atoms with Crippen LogP contribution < -0.4 is 0 Å². The van der Waals surface area contributed by atoms with Crippen LogP contribution in [0.1, 0.15) is 176 Å². The van der Waals surface area contributed by atoms with Crippen LogP contribution in [0.4, 0.5) is 5.69 Å². The standard InChI is InChI=1S/C77H86N2O/c1-54(70-36-22-38-72(76(70)80-3)59-27-11-5-12-28-59)79-75-63(49-62-40-39-56(47-55-23-19-20-24-55)48-73(62)60-29-13-6-14-30-60)31-21-37-71(75)65-50-64(57-25-9-4-10-26-57)51-66(52-65)74-53-61(45-46-78-74)58-41-43-69(44-42-58)77(2,67-32-15-7-16-33-67)68-34-17-8-18-35-68/h4-5,7,9-13,15,17,21,25,27-32,34-37,41,45-46,50-51,53,55-57,62,65,69,72-73,76H,6,8,14,16,18-20,22-24,26,33,38,42-44,47-49,52H2,1-3H3. The van der Waals surface area contributed by atoms with Crippen molar-refractivity contribution >= 4 is 22.5 Å². The number of para-hydroxylation sites is 1. The first-order chi connectivity index (χ1) is 39.4. The second-order valence-electron chi connectivity index (χ2n) is 25.1. The molecule has 410 valence electrons. The summed E-state index contributed by atoms with van der Waals surface area (Å²) in [7, 11) is 1.89. The molecule has 3 nitrogen and oxygen atoms in total. The van der Waals surface area contributed by atoms with E-state index in [1.807, 2.05) is 7.11 Å². The predicted molar refractivity (Wildman–Crippen MR) is 336 cm³/mol. The van der Waals surface area contributed by atoms with E-state index in [4.69, 9.17) is 14.7 Å². The number of pyridine rings is 1. The van der Waals surface area contributed by atoms with Gasteiger partial charge < -0.3 is 4.74 Å². The summed E-state index contributed by atoms with van der Waals surface area (Å²) < 4.78 is 6.51.